The molecule has 2 aliphatic rings. The second-order valence-corrected chi connectivity index (χ2v) is 7.52. The summed E-state index contributed by atoms with van der Waals surface area (Å²) in [5.41, 5.74) is 0. The lowest BCUT2D eigenvalue weighted by Gasteiger charge is -2.33. The minimum atomic E-state index is -3.21. The van der Waals surface area contributed by atoms with Gasteiger partial charge in [0.15, 0.2) is 0 Å². The Morgan fingerprint density at radius 3 is 2.80 bits per heavy atom. The number of hydrogen-bond donors (Lipinski definition) is 1. The average Bonchev–Trinajstić information content (AvgIpc) is 2.87. The minimum absolute atomic E-state index is 0.112. The van der Waals surface area contributed by atoms with E-state index in [0.717, 1.165) is 51.5 Å². The molecule has 0 radical (unpaired) electrons. The molecule has 0 aromatic carbocycles. The predicted molar refractivity (Wildman–Crippen MR) is 75.8 cm³/mol. The molecule has 0 bridgehead atoms. The zero-order valence-electron chi connectivity index (χ0n) is 12.0. The average molecular weight is 304 g/mol. The number of hydrogen-bond acceptors (Lipinski definition) is 4. The molecule has 2 atom stereocenters. The molecule has 116 valence electrons. The minimum Gasteiger partial charge on any atom is -0.378 e. The molecule has 0 saturated carbocycles. The van der Waals surface area contributed by atoms with Crippen molar-refractivity contribution in [1.29, 1.82) is 0 Å². The van der Waals surface area contributed by atoms with Gasteiger partial charge in [0.05, 0.1) is 12.4 Å². The summed E-state index contributed by atoms with van der Waals surface area (Å²) in [6.45, 7) is 2.02. The molecule has 0 spiro atoms. The molecule has 6 nitrogen and oxygen atoms in total. The Balaban J connectivity index is 1.77. The normalized spacial score (nSPS) is 27.8. The summed E-state index contributed by atoms with van der Waals surface area (Å²) >= 11 is 0. The van der Waals surface area contributed by atoms with Crippen LogP contribution in [0.15, 0.2) is 0 Å². The number of amides is 1. The maximum absolute atomic E-state index is 12.2. The third-order valence-corrected chi connectivity index (χ3v) is 4.62. The van der Waals surface area contributed by atoms with Crippen LogP contribution in [0.4, 0.5) is 0 Å². The van der Waals surface area contributed by atoms with E-state index in [-0.39, 0.29) is 18.1 Å². The number of ether oxygens (including phenoxy) is 1. The molecule has 1 amide bonds. The first kappa shape index (κ1) is 15.7. The van der Waals surface area contributed by atoms with Gasteiger partial charge in [0, 0.05) is 32.2 Å². The molecule has 0 aliphatic carbocycles. The van der Waals surface area contributed by atoms with Crippen molar-refractivity contribution in [1.82, 2.24) is 9.62 Å². The lowest BCUT2D eigenvalue weighted by atomic mass is 10.1. The van der Waals surface area contributed by atoms with Crippen LogP contribution in [0.3, 0.4) is 0 Å². The molecular formula is C13H24N2O4S. The molecule has 0 unspecified atom stereocenters. The Hall–Kier alpha value is -0.660. The van der Waals surface area contributed by atoms with E-state index in [1.807, 2.05) is 0 Å². The molecule has 7 heteroatoms. The van der Waals surface area contributed by atoms with E-state index < -0.39 is 10.0 Å². The van der Waals surface area contributed by atoms with Crippen LogP contribution in [0.1, 0.15) is 38.5 Å². The van der Waals surface area contributed by atoms with Crippen LogP contribution in [0.5, 0.6) is 0 Å². The van der Waals surface area contributed by atoms with Crippen LogP contribution in [-0.2, 0) is 19.6 Å². The molecule has 2 heterocycles. The van der Waals surface area contributed by atoms with Gasteiger partial charge in [-0.2, -0.15) is 0 Å². The summed E-state index contributed by atoms with van der Waals surface area (Å²) in [5.74, 6) is 0.112. The van der Waals surface area contributed by atoms with Gasteiger partial charge in [0.2, 0.25) is 15.9 Å². The van der Waals surface area contributed by atoms with Gasteiger partial charge in [-0.05, 0) is 32.1 Å². The van der Waals surface area contributed by atoms with Crippen molar-refractivity contribution >= 4 is 15.9 Å². The van der Waals surface area contributed by atoms with E-state index in [1.165, 1.54) is 0 Å². The lowest BCUT2D eigenvalue weighted by molar-refractivity contribution is -0.133. The molecule has 1 N–H and O–H groups in total. The second kappa shape index (κ2) is 6.87. The highest BCUT2D eigenvalue weighted by atomic mass is 32.2. The van der Waals surface area contributed by atoms with Crippen molar-refractivity contribution in [3.8, 4) is 0 Å². The van der Waals surface area contributed by atoms with E-state index in [1.54, 1.807) is 4.90 Å². The number of nitrogens with zero attached hydrogens (tertiary/aromatic N) is 1. The highest BCUT2D eigenvalue weighted by Gasteiger charge is 2.26. The van der Waals surface area contributed by atoms with E-state index >= 15 is 0 Å². The van der Waals surface area contributed by atoms with Gasteiger partial charge in [-0.1, -0.05) is 0 Å². The molecule has 2 rings (SSSR count). The number of carbonyl (C=O) groups is 1. The van der Waals surface area contributed by atoms with Gasteiger partial charge < -0.3 is 9.64 Å². The number of carbonyl (C=O) groups excluding carboxylic acids is 1. The van der Waals surface area contributed by atoms with Crippen molar-refractivity contribution < 1.29 is 17.9 Å². The van der Waals surface area contributed by atoms with Crippen molar-refractivity contribution in [2.24, 2.45) is 0 Å². The number of sulfonamides is 1. The highest BCUT2D eigenvalue weighted by molar-refractivity contribution is 7.88. The number of piperidine rings is 1. The number of rotatable bonds is 5. The molecule has 0 aromatic rings. The Kier molecular flexibility index (Phi) is 5.40. The van der Waals surface area contributed by atoms with Crippen molar-refractivity contribution in [2.75, 3.05) is 26.0 Å². The first-order valence-corrected chi connectivity index (χ1v) is 9.20. The van der Waals surface area contributed by atoms with Gasteiger partial charge in [-0.3, -0.25) is 4.79 Å². The van der Waals surface area contributed by atoms with E-state index in [9.17, 15) is 13.2 Å². The SMILES string of the molecule is CS(=O)(=O)N[C@@H]1CCCN(C(=O)CC[C@@H]2CCCO2)C1. The Bertz CT molecular complexity index is 432. The topological polar surface area (TPSA) is 75.7 Å². The fourth-order valence-corrected chi connectivity index (χ4v) is 3.72. The van der Waals surface area contributed by atoms with Crippen LogP contribution in [-0.4, -0.2) is 57.3 Å². The van der Waals surface area contributed by atoms with Crippen LogP contribution < -0.4 is 4.72 Å². The van der Waals surface area contributed by atoms with Gasteiger partial charge in [-0.25, -0.2) is 13.1 Å². The Labute approximate surface area is 120 Å². The summed E-state index contributed by atoms with van der Waals surface area (Å²) in [7, 11) is -3.21. The van der Waals surface area contributed by atoms with Crippen LogP contribution in [0.2, 0.25) is 0 Å². The van der Waals surface area contributed by atoms with Gasteiger partial charge >= 0.3 is 0 Å². The third kappa shape index (κ3) is 5.03. The fraction of sp³-hybridized carbons (Fsp3) is 0.923. The van der Waals surface area contributed by atoms with E-state index in [4.69, 9.17) is 4.74 Å². The maximum atomic E-state index is 12.2. The monoisotopic (exact) mass is 304 g/mol. The van der Waals surface area contributed by atoms with Crippen molar-refractivity contribution in [2.45, 2.75) is 50.7 Å². The maximum Gasteiger partial charge on any atom is 0.222 e. The van der Waals surface area contributed by atoms with Crippen LogP contribution in [0, 0.1) is 0 Å². The molecule has 2 saturated heterocycles. The van der Waals surface area contributed by atoms with Gasteiger partial charge in [0.25, 0.3) is 0 Å². The van der Waals surface area contributed by atoms with Crippen LogP contribution in [0.25, 0.3) is 0 Å². The molecule has 20 heavy (non-hydrogen) atoms. The summed E-state index contributed by atoms with van der Waals surface area (Å²) < 4.78 is 30.6. The Morgan fingerprint density at radius 2 is 2.15 bits per heavy atom. The van der Waals surface area contributed by atoms with Crippen LogP contribution >= 0.6 is 0 Å². The van der Waals surface area contributed by atoms with E-state index in [0.29, 0.717) is 13.0 Å². The van der Waals surface area contributed by atoms with E-state index in [2.05, 4.69) is 4.72 Å². The van der Waals surface area contributed by atoms with Crippen molar-refractivity contribution in [3.05, 3.63) is 0 Å². The first-order valence-electron chi connectivity index (χ1n) is 7.31. The third-order valence-electron chi connectivity index (χ3n) is 3.86. The Morgan fingerprint density at radius 1 is 1.35 bits per heavy atom. The first-order chi connectivity index (χ1) is 9.44. The summed E-state index contributed by atoms with van der Waals surface area (Å²) in [6, 6.07) is -0.148. The summed E-state index contributed by atoms with van der Waals surface area (Å²) in [6.07, 6.45) is 6.44. The highest BCUT2D eigenvalue weighted by Crippen LogP contribution is 2.18. The van der Waals surface area contributed by atoms with Gasteiger partial charge in [0.1, 0.15) is 0 Å². The zero-order chi connectivity index (χ0) is 14.6. The largest absolute Gasteiger partial charge is 0.378 e. The summed E-state index contributed by atoms with van der Waals surface area (Å²) in [5, 5.41) is 0. The standard InChI is InChI=1S/C13H24N2O4S/c1-20(17,18)14-11-4-2-8-15(10-11)13(16)7-6-12-5-3-9-19-12/h11-12,14H,2-10H2,1H3/t11-,12+/m1/s1. The quantitative estimate of drug-likeness (QED) is 0.802. The second-order valence-electron chi connectivity index (χ2n) is 5.74. The number of likely N-dealkylation sites (tertiary alicyclic amines) is 1. The number of nitrogens with one attached hydrogen (secondary N) is 1. The molecule has 0 aromatic heterocycles. The molecular weight excluding hydrogens is 280 g/mol. The molecule has 2 aliphatic heterocycles. The fourth-order valence-electron chi connectivity index (χ4n) is 2.92. The smallest absolute Gasteiger partial charge is 0.222 e. The lowest BCUT2D eigenvalue weighted by Crippen LogP contribution is -2.49. The van der Waals surface area contributed by atoms with Gasteiger partial charge in [-0.15, -0.1) is 0 Å². The molecule has 2 fully saturated rings. The zero-order valence-corrected chi connectivity index (χ0v) is 12.8. The van der Waals surface area contributed by atoms with Crippen molar-refractivity contribution in [3.63, 3.8) is 0 Å². The predicted octanol–water partition coefficient (Wildman–Crippen LogP) is 0.486. The summed E-state index contributed by atoms with van der Waals surface area (Å²) in [4.78, 5) is 13.9.